The molecule has 2 rings (SSSR count). The molecule has 0 aliphatic rings. The number of hydrogen-bond acceptors (Lipinski definition) is 3. The largest absolute Gasteiger partial charge is 0.497 e. The maximum atomic E-state index is 12.7. The van der Waals surface area contributed by atoms with Gasteiger partial charge in [-0.05, 0) is 42.7 Å². The molecule has 5 heteroatoms. The van der Waals surface area contributed by atoms with Crippen LogP contribution in [-0.2, 0) is 4.79 Å². The average Bonchev–Trinajstić information content (AvgIpc) is 2.66. The third-order valence-electron chi connectivity index (χ3n) is 4.25. The molecule has 0 aliphatic carbocycles. The number of carbonyl (C=O) groups excluding carboxylic acids is 2. The van der Waals surface area contributed by atoms with Crippen molar-refractivity contribution in [2.24, 2.45) is 5.92 Å². The van der Waals surface area contributed by atoms with E-state index in [9.17, 15) is 9.59 Å². The molecular weight excluding hydrogens is 328 g/mol. The summed E-state index contributed by atoms with van der Waals surface area (Å²) >= 11 is 0. The Morgan fingerprint density at radius 3 is 2.04 bits per heavy atom. The lowest BCUT2D eigenvalue weighted by atomic mass is 10.0. The van der Waals surface area contributed by atoms with E-state index >= 15 is 0 Å². The minimum atomic E-state index is -0.615. The van der Waals surface area contributed by atoms with Crippen LogP contribution < -0.4 is 15.4 Å². The molecule has 0 saturated carbocycles. The molecule has 2 aromatic carbocycles. The first kappa shape index (κ1) is 19.5. The van der Waals surface area contributed by atoms with E-state index in [1.165, 1.54) is 0 Å². The fourth-order valence-electron chi connectivity index (χ4n) is 2.63. The summed E-state index contributed by atoms with van der Waals surface area (Å²) in [7, 11) is 1.57. The molecule has 0 spiro atoms. The molecule has 138 valence electrons. The Bertz CT molecular complexity index is 727. The van der Waals surface area contributed by atoms with Gasteiger partial charge in [-0.3, -0.25) is 9.59 Å². The quantitative estimate of drug-likeness (QED) is 0.801. The van der Waals surface area contributed by atoms with E-state index in [0.717, 1.165) is 5.56 Å². The van der Waals surface area contributed by atoms with E-state index in [-0.39, 0.29) is 23.8 Å². The lowest BCUT2D eigenvalue weighted by molar-refractivity contribution is -0.124. The summed E-state index contributed by atoms with van der Waals surface area (Å²) < 4.78 is 5.10. The Hall–Kier alpha value is -2.82. The first-order valence-corrected chi connectivity index (χ1v) is 8.72. The van der Waals surface area contributed by atoms with Crippen LogP contribution in [0.2, 0.25) is 0 Å². The van der Waals surface area contributed by atoms with Crippen LogP contribution in [0.4, 0.5) is 0 Å². The van der Waals surface area contributed by atoms with Crippen LogP contribution in [-0.4, -0.2) is 25.0 Å². The van der Waals surface area contributed by atoms with Gasteiger partial charge in [0.15, 0.2) is 0 Å². The third kappa shape index (κ3) is 5.09. The van der Waals surface area contributed by atoms with Crippen molar-refractivity contribution in [2.45, 2.75) is 32.9 Å². The normalized spacial score (nSPS) is 13.0. The van der Waals surface area contributed by atoms with Gasteiger partial charge >= 0.3 is 0 Å². The molecule has 0 radical (unpaired) electrons. The van der Waals surface area contributed by atoms with Gasteiger partial charge in [-0.2, -0.15) is 0 Å². The van der Waals surface area contributed by atoms with Crippen molar-refractivity contribution in [3.8, 4) is 5.75 Å². The maximum Gasteiger partial charge on any atom is 0.251 e. The minimum absolute atomic E-state index is 0.0415. The summed E-state index contributed by atoms with van der Waals surface area (Å²) in [6.45, 7) is 5.74. The molecular formula is C21H26N2O3. The highest BCUT2D eigenvalue weighted by molar-refractivity contribution is 5.97. The SMILES string of the molecule is COc1ccc(C(=O)N[C@@H](C(=O)N[C@@H](C)c2ccccc2)C(C)C)cc1. The van der Waals surface area contributed by atoms with Crippen molar-refractivity contribution in [2.75, 3.05) is 7.11 Å². The summed E-state index contributed by atoms with van der Waals surface area (Å²) in [6.07, 6.45) is 0. The molecule has 0 aliphatic heterocycles. The van der Waals surface area contributed by atoms with Gasteiger partial charge in [-0.15, -0.1) is 0 Å². The number of methoxy groups -OCH3 is 1. The fourth-order valence-corrected chi connectivity index (χ4v) is 2.63. The van der Waals surface area contributed by atoms with Gasteiger partial charge in [-0.25, -0.2) is 0 Å². The van der Waals surface area contributed by atoms with Crippen molar-refractivity contribution in [3.63, 3.8) is 0 Å². The lowest BCUT2D eigenvalue weighted by Gasteiger charge is -2.24. The molecule has 2 amide bonds. The van der Waals surface area contributed by atoms with Gasteiger partial charge in [0.25, 0.3) is 5.91 Å². The van der Waals surface area contributed by atoms with Crippen LogP contribution in [0.5, 0.6) is 5.75 Å². The predicted octanol–water partition coefficient (Wildman–Crippen LogP) is 3.33. The van der Waals surface area contributed by atoms with Crippen molar-refractivity contribution in [3.05, 3.63) is 65.7 Å². The second-order valence-corrected chi connectivity index (χ2v) is 6.56. The summed E-state index contributed by atoms with van der Waals surface area (Å²) in [4.78, 5) is 25.2. The zero-order valence-corrected chi connectivity index (χ0v) is 15.7. The Balaban J connectivity index is 2.04. The molecule has 0 aromatic heterocycles. The van der Waals surface area contributed by atoms with E-state index in [1.807, 2.05) is 51.1 Å². The highest BCUT2D eigenvalue weighted by Gasteiger charge is 2.26. The summed E-state index contributed by atoms with van der Waals surface area (Å²) in [5.74, 6) is 0.156. The van der Waals surface area contributed by atoms with E-state index in [0.29, 0.717) is 11.3 Å². The number of nitrogens with one attached hydrogen (secondary N) is 2. The summed E-state index contributed by atoms with van der Waals surface area (Å²) in [6, 6.07) is 15.8. The zero-order chi connectivity index (χ0) is 19.1. The van der Waals surface area contributed by atoms with Crippen LogP contribution in [0, 0.1) is 5.92 Å². The molecule has 0 fully saturated rings. The number of benzene rings is 2. The van der Waals surface area contributed by atoms with Crippen molar-refractivity contribution >= 4 is 11.8 Å². The van der Waals surface area contributed by atoms with Gasteiger partial charge in [0.2, 0.25) is 5.91 Å². The molecule has 0 saturated heterocycles. The molecule has 0 unspecified atom stereocenters. The topological polar surface area (TPSA) is 67.4 Å². The fraction of sp³-hybridized carbons (Fsp3) is 0.333. The van der Waals surface area contributed by atoms with Gasteiger partial charge < -0.3 is 15.4 Å². The number of amides is 2. The van der Waals surface area contributed by atoms with Gasteiger partial charge in [0.05, 0.1) is 13.2 Å². The number of rotatable bonds is 7. The van der Waals surface area contributed by atoms with Crippen LogP contribution in [0.1, 0.15) is 42.7 Å². The monoisotopic (exact) mass is 354 g/mol. The molecule has 2 atom stereocenters. The molecule has 0 heterocycles. The first-order valence-electron chi connectivity index (χ1n) is 8.72. The van der Waals surface area contributed by atoms with E-state index in [2.05, 4.69) is 10.6 Å². The lowest BCUT2D eigenvalue weighted by Crippen LogP contribution is -2.50. The maximum absolute atomic E-state index is 12.7. The number of ether oxygens (including phenoxy) is 1. The summed E-state index contributed by atoms with van der Waals surface area (Å²) in [5.41, 5.74) is 1.50. The Kier molecular flexibility index (Phi) is 6.78. The van der Waals surface area contributed by atoms with Gasteiger partial charge in [0, 0.05) is 5.56 Å². The summed E-state index contributed by atoms with van der Waals surface area (Å²) in [5, 5.41) is 5.81. The molecule has 2 N–H and O–H groups in total. The Morgan fingerprint density at radius 2 is 1.50 bits per heavy atom. The number of carbonyl (C=O) groups is 2. The smallest absolute Gasteiger partial charge is 0.251 e. The zero-order valence-electron chi connectivity index (χ0n) is 15.7. The van der Waals surface area contributed by atoms with Crippen LogP contribution in [0.25, 0.3) is 0 Å². The second-order valence-electron chi connectivity index (χ2n) is 6.56. The van der Waals surface area contributed by atoms with E-state index in [4.69, 9.17) is 4.74 Å². The Morgan fingerprint density at radius 1 is 0.885 bits per heavy atom. The highest BCUT2D eigenvalue weighted by atomic mass is 16.5. The van der Waals surface area contributed by atoms with Crippen molar-refractivity contribution in [1.29, 1.82) is 0 Å². The highest BCUT2D eigenvalue weighted by Crippen LogP contribution is 2.14. The predicted molar refractivity (Wildman–Crippen MR) is 102 cm³/mol. The van der Waals surface area contributed by atoms with Crippen molar-refractivity contribution < 1.29 is 14.3 Å². The minimum Gasteiger partial charge on any atom is -0.497 e. The van der Waals surface area contributed by atoms with Crippen LogP contribution in [0.15, 0.2) is 54.6 Å². The average molecular weight is 354 g/mol. The number of hydrogen-bond donors (Lipinski definition) is 2. The Labute approximate surface area is 154 Å². The first-order chi connectivity index (χ1) is 12.4. The molecule has 26 heavy (non-hydrogen) atoms. The van der Waals surface area contributed by atoms with Crippen LogP contribution >= 0.6 is 0 Å². The molecule has 5 nitrogen and oxygen atoms in total. The standard InChI is InChI=1S/C21H26N2O3/c1-14(2)19(21(25)22-15(3)16-8-6-5-7-9-16)23-20(24)17-10-12-18(26-4)13-11-17/h5-15,19H,1-4H3,(H,22,25)(H,23,24)/t15-,19+/m0/s1. The second kappa shape index (κ2) is 9.04. The van der Waals surface area contributed by atoms with Crippen molar-refractivity contribution in [1.82, 2.24) is 10.6 Å². The molecule has 0 bridgehead atoms. The third-order valence-corrected chi connectivity index (χ3v) is 4.25. The van der Waals surface area contributed by atoms with E-state index in [1.54, 1.807) is 31.4 Å². The van der Waals surface area contributed by atoms with Crippen LogP contribution in [0.3, 0.4) is 0 Å². The van der Waals surface area contributed by atoms with Gasteiger partial charge in [-0.1, -0.05) is 44.2 Å². The van der Waals surface area contributed by atoms with E-state index < -0.39 is 6.04 Å². The molecule has 2 aromatic rings. The van der Waals surface area contributed by atoms with Gasteiger partial charge in [0.1, 0.15) is 11.8 Å².